The average Bonchev–Trinajstić information content (AvgIpc) is 2.65. The van der Waals surface area contributed by atoms with Gasteiger partial charge in [-0.25, -0.2) is 0 Å². The van der Waals surface area contributed by atoms with Crippen molar-refractivity contribution >= 4 is 23.8 Å². The molecule has 1 unspecified atom stereocenters. The molecular weight excluding hydrogens is 320 g/mol. The molecule has 3 rings (SSSR count). The molecule has 1 aromatic carbocycles. The van der Waals surface area contributed by atoms with Crippen molar-refractivity contribution in [3.8, 4) is 5.75 Å². The number of aldehydes is 1. The zero-order chi connectivity index (χ0) is 18.0. The third-order valence-electron chi connectivity index (χ3n) is 5.14. The minimum absolute atomic E-state index is 0.0329. The summed E-state index contributed by atoms with van der Waals surface area (Å²) in [6, 6.07) is 5.16. The molecule has 134 valence electrons. The molecule has 0 bridgehead atoms. The van der Waals surface area contributed by atoms with E-state index in [1.165, 1.54) is 11.3 Å². The molecule has 0 radical (unpaired) electrons. The minimum Gasteiger partial charge on any atom is -0.479 e. The van der Waals surface area contributed by atoms with E-state index in [2.05, 4.69) is 0 Å². The summed E-state index contributed by atoms with van der Waals surface area (Å²) in [6.45, 7) is 1.63. The molecule has 1 atom stereocenters. The summed E-state index contributed by atoms with van der Waals surface area (Å²) in [5, 5.41) is 0. The molecular formula is C19H24N2O4. The summed E-state index contributed by atoms with van der Waals surface area (Å²) < 4.78 is 5.60. The van der Waals surface area contributed by atoms with Crippen LogP contribution >= 0.6 is 0 Å². The van der Waals surface area contributed by atoms with Gasteiger partial charge in [-0.15, -0.1) is 0 Å². The lowest BCUT2D eigenvalue weighted by molar-refractivity contribution is -0.134. The summed E-state index contributed by atoms with van der Waals surface area (Å²) in [6.07, 6.45) is 5.60. The van der Waals surface area contributed by atoms with Crippen molar-refractivity contribution in [1.82, 2.24) is 4.90 Å². The third kappa shape index (κ3) is 3.52. The van der Waals surface area contributed by atoms with Gasteiger partial charge in [0.05, 0.1) is 5.69 Å². The van der Waals surface area contributed by atoms with E-state index in [0.29, 0.717) is 17.0 Å². The highest BCUT2D eigenvalue weighted by molar-refractivity contribution is 6.04. The Kier molecular flexibility index (Phi) is 5.06. The van der Waals surface area contributed by atoms with Crippen molar-refractivity contribution in [2.75, 3.05) is 18.5 Å². The second kappa shape index (κ2) is 7.25. The lowest BCUT2D eigenvalue weighted by Gasteiger charge is -2.36. The number of anilines is 1. The Labute approximate surface area is 147 Å². The van der Waals surface area contributed by atoms with Gasteiger partial charge in [0, 0.05) is 18.7 Å². The molecule has 6 heteroatoms. The third-order valence-corrected chi connectivity index (χ3v) is 5.14. The van der Waals surface area contributed by atoms with Gasteiger partial charge in [0.1, 0.15) is 18.6 Å². The van der Waals surface area contributed by atoms with Gasteiger partial charge in [0.15, 0.2) is 6.10 Å². The lowest BCUT2D eigenvalue weighted by atomic mass is 9.94. The van der Waals surface area contributed by atoms with Crippen LogP contribution < -0.4 is 9.64 Å². The van der Waals surface area contributed by atoms with Crippen LogP contribution in [-0.4, -0.2) is 48.7 Å². The van der Waals surface area contributed by atoms with Gasteiger partial charge in [-0.3, -0.25) is 19.3 Å². The quantitative estimate of drug-likeness (QED) is 0.787. The van der Waals surface area contributed by atoms with E-state index in [0.717, 1.165) is 32.0 Å². The molecule has 2 amide bonds. The highest BCUT2D eigenvalue weighted by atomic mass is 16.5. The van der Waals surface area contributed by atoms with E-state index in [1.807, 2.05) is 7.05 Å². The van der Waals surface area contributed by atoms with Gasteiger partial charge in [-0.1, -0.05) is 19.3 Å². The van der Waals surface area contributed by atoms with E-state index in [9.17, 15) is 14.4 Å². The molecule has 1 aromatic rings. The van der Waals surface area contributed by atoms with Gasteiger partial charge in [0.25, 0.3) is 5.91 Å². The Bertz CT molecular complexity index is 682. The predicted octanol–water partition coefficient (Wildman–Crippen LogP) is 2.40. The van der Waals surface area contributed by atoms with Crippen molar-refractivity contribution < 1.29 is 19.1 Å². The number of hydrogen-bond donors (Lipinski definition) is 0. The van der Waals surface area contributed by atoms with Crippen LogP contribution in [0.15, 0.2) is 18.2 Å². The normalized spacial score (nSPS) is 20.6. The maximum absolute atomic E-state index is 12.7. The van der Waals surface area contributed by atoms with Crippen molar-refractivity contribution in [3.05, 3.63) is 23.8 Å². The van der Waals surface area contributed by atoms with Crippen LogP contribution in [0.5, 0.6) is 5.75 Å². The van der Waals surface area contributed by atoms with Gasteiger partial charge in [-0.05, 0) is 38.0 Å². The molecule has 6 nitrogen and oxygen atoms in total. The van der Waals surface area contributed by atoms with Crippen LogP contribution in [-0.2, 0) is 9.59 Å². The number of nitrogens with zero attached hydrogens (tertiary/aromatic N) is 2. The highest BCUT2D eigenvalue weighted by Crippen LogP contribution is 2.34. The molecule has 0 saturated heterocycles. The molecule has 25 heavy (non-hydrogen) atoms. The Morgan fingerprint density at radius 1 is 1.32 bits per heavy atom. The van der Waals surface area contributed by atoms with Crippen LogP contribution in [0.25, 0.3) is 0 Å². The minimum atomic E-state index is -0.651. The number of carbonyl (C=O) groups is 3. The maximum atomic E-state index is 12.7. The van der Waals surface area contributed by atoms with Gasteiger partial charge < -0.3 is 9.64 Å². The summed E-state index contributed by atoms with van der Waals surface area (Å²) >= 11 is 0. The van der Waals surface area contributed by atoms with E-state index in [1.54, 1.807) is 30.0 Å². The Morgan fingerprint density at radius 2 is 2.04 bits per heavy atom. The van der Waals surface area contributed by atoms with E-state index in [4.69, 9.17) is 4.74 Å². The molecule has 1 aliphatic heterocycles. The van der Waals surface area contributed by atoms with Crippen LogP contribution in [0.4, 0.5) is 5.69 Å². The topological polar surface area (TPSA) is 66.9 Å². The summed E-state index contributed by atoms with van der Waals surface area (Å²) in [5.74, 6) is 0.170. The van der Waals surface area contributed by atoms with Gasteiger partial charge in [0.2, 0.25) is 5.91 Å². The Hall–Kier alpha value is -2.37. The van der Waals surface area contributed by atoms with Gasteiger partial charge in [-0.2, -0.15) is 0 Å². The first kappa shape index (κ1) is 17.5. The van der Waals surface area contributed by atoms with Crippen molar-refractivity contribution in [1.29, 1.82) is 0 Å². The molecule has 0 N–H and O–H groups in total. The SMILES string of the molecule is CC1Oc2ccc(C=O)cc2N(CC(=O)N(C)C2CCCCC2)C1=O. The molecule has 1 fully saturated rings. The van der Waals surface area contributed by atoms with Crippen molar-refractivity contribution in [3.63, 3.8) is 0 Å². The maximum Gasteiger partial charge on any atom is 0.268 e. The van der Waals surface area contributed by atoms with E-state index >= 15 is 0 Å². The highest BCUT2D eigenvalue weighted by Gasteiger charge is 2.34. The van der Waals surface area contributed by atoms with E-state index < -0.39 is 6.10 Å². The zero-order valence-corrected chi connectivity index (χ0v) is 14.7. The fraction of sp³-hybridized carbons (Fsp3) is 0.526. The van der Waals surface area contributed by atoms with Crippen LogP contribution in [0.2, 0.25) is 0 Å². The van der Waals surface area contributed by atoms with Crippen LogP contribution in [0.1, 0.15) is 49.4 Å². The fourth-order valence-corrected chi connectivity index (χ4v) is 3.58. The average molecular weight is 344 g/mol. The first-order valence-electron chi connectivity index (χ1n) is 8.84. The lowest BCUT2D eigenvalue weighted by Crippen LogP contribution is -2.50. The molecule has 1 saturated carbocycles. The largest absolute Gasteiger partial charge is 0.479 e. The number of hydrogen-bond acceptors (Lipinski definition) is 4. The monoisotopic (exact) mass is 344 g/mol. The Morgan fingerprint density at radius 3 is 2.72 bits per heavy atom. The number of rotatable bonds is 4. The Balaban J connectivity index is 1.81. The molecule has 1 aliphatic carbocycles. The van der Waals surface area contributed by atoms with Crippen molar-refractivity contribution in [2.45, 2.75) is 51.2 Å². The fourth-order valence-electron chi connectivity index (χ4n) is 3.58. The number of fused-ring (bicyclic) bond motifs is 1. The number of likely N-dealkylation sites (N-methyl/N-ethyl adjacent to an activating group) is 1. The number of benzene rings is 1. The first-order chi connectivity index (χ1) is 12.0. The van der Waals surface area contributed by atoms with E-state index in [-0.39, 0.29) is 24.4 Å². The molecule has 0 spiro atoms. The number of carbonyl (C=O) groups excluding carboxylic acids is 3. The summed E-state index contributed by atoms with van der Waals surface area (Å²) in [7, 11) is 1.81. The van der Waals surface area contributed by atoms with Crippen LogP contribution in [0, 0.1) is 0 Å². The second-order valence-corrected chi connectivity index (χ2v) is 6.83. The van der Waals surface area contributed by atoms with Gasteiger partial charge >= 0.3 is 0 Å². The standard InChI is InChI=1S/C19H24N2O4/c1-13-19(24)21(16-10-14(12-22)8-9-17(16)25-13)11-18(23)20(2)15-6-4-3-5-7-15/h8-10,12-13,15H,3-7,11H2,1-2H3. The predicted molar refractivity (Wildman–Crippen MR) is 93.9 cm³/mol. The first-order valence-corrected chi connectivity index (χ1v) is 8.84. The van der Waals surface area contributed by atoms with Crippen molar-refractivity contribution in [2.24, 2.45) is 0 Å². The number of amides is 2. The molecule has 1 heterocycles. The molecule has 0 aromatic heterocycles. The second-order valence-electron chi connectivity index (χ2n) is 6.83. The molecule has 2 aliphatic rings. The zero-order valence-electron chi connectivity index (χ0n) is 14.7. The van der Waals surface area contributed by atoms with Crippen LogP contribution in [0.3, 0.4) is 0 Å². The smallest absolute Gasteiger partial charge is 0.268 e. The number of ether oxygens (including phenoxy) is 1. The summed E-state index contributed by atoms with van der Waals surface area (Å²) in [5.41, 5.74) is 0.931. The summed E-state index contributed by atoms with van der Waals surface area (Å²) in [4.78, 5) is 39.6.